The molecule has 0 spiro atoms. The number of hydrogen-bond donors (Lipinski definition) is 1. The first-order valence-electron chi connectivity index (χ1n) is 5.48. The van der Waals surface area contributed by atoms with Crippen molar-refractivity contribution in [1.82, 2.24) is 0 Å². The van der Waals surface area contributed by atoms with Crippen molar-refractivity contribution in [2.75, 3.05) is 20.3 Å². The van der Waals surface area contributed by atoms with Crippen LogP contribution in [0.2, 0.25) is 0 Å². The van der Waals surface area contributed by atoms with E-state index < -0.39 is 12.1 Å². The third kappa shape index (κ3) is 2.59. The maximum Gasteiger partial charge on any atom is 0.339 e. The van der Waals surface area contributed by atoms with E-state index in [-0.39, 0.29) is 0 Å². The van der Waals surface area contributed by atoms with Crippen LogP contribution in [-0.4, -0.2) is 31.4 Å². The van der Waals surface area contributed by atoms with Crippen LogP contribution in [0.1, 0.15) is 18.1 Å². The summed E-state index contributed by atoms with van der Waals surface area (Å²) >= 11 is 3.34. The van der Waals surface area contributed by atoms with Gasteiger partial charge in [0.15, 0.2) is 17.6 Å². The van der Waals surface area contributed by atoms with E-state index in [0.717, 1.165) is 6.42 Å². The van der Waals surface area contributed by atoms with Crippen molar-refractivity contribution in [2.45, 2.75) is 12.5 Å². The van der Waals surface area contributed by atoms with Gasteiger partial charge in [0.1, 0.15) is 0 Å². The van der Waals surface area contributed by atoms with Crippen LogP contribution in [0.15, 0.2) is 16.6 Å². The highest BCUT2D eigenvalue weighted by atomic mass is 79.9. The van der Waals surface area contributed by atoms with Gasteiger partial charge in [-0.2, -0.15) is 0 Å². The summed E-state index contributed by atoms with van der Waals surface area (Å²) in [6.07, 6.45) is -0.542. The highest BCUT2D eigenvalue weighted by Crippen LogP contribution is 2.39. The van der Waals surface area contributed by atoms with Gasteiger partial charge in [-0.3, -0.25) is 0 Å². The van der Waals surface area contributed by atoms with Crippen LogP contribution in [-0.2, 0) is 9.53 Å². The van der Waals surface area contributed by atoms with E-state index in [1.807, 2.05) is 0 Å². The fourth-order valence-electron chi connectivity index (χ4n) is 1.66. The second kappa shape index (κ2) is 5.58. The van der Waals surface area contributed by atoms with Gasteiger partial charge in [0, 0.05) is 6.42 Å². The average Bonchev–Trinajstić information content (AvgIpc) is 2.62. The van der Waals surface area contributed by atoms with Gasteiger partial charge in [-0.15, -0.1) is 0 Å². The maximum atomic E-state index is 11.3. The standard InChI is InChI=1S/C12H13BrO5/c1-16-12(15)10(14)7-5-8(13)11-9(6-7)17-3-2-4-18-11/h5-6,10,14H,2-4H2,1H3. The Kier molecular flexibility index (Phi) is 4.08. The number of hydrogen-bond acceptors (Lipinski definition) is 5. The Hall–Kier alpha value is -1.27. The zero-order valence-electron chi connectivity index (χ0n) is 9.81. The Bertz CT molecular complexity index is 460. The number of ether oxygens (including phenoxy) is 3. The second-order valence-corrected chi connectivity index (χ2v) is 4.66. The molecule has 1 aliphatic heterocycles. The van der Waals surface area contributed by atoms with Gasteiger partial charge in [-0.1, -0.05) is 0 Å². The Morgan fingerprint density at radius 3 is 2.89 bits per heavy atom. The summed E-state index contributed by atoms with van der Waals surface area (Å²) in [5.74, 6) is 0.393. The first-order chi connectivity index (χ1) is 8.63. The summed E-state index contributed by atoms with van der Waals surface area (Å²) < 4.78 is 16.2. The molecule has 2 rings (SSSR count). The molecule has 1 atom stereocenters. The fourth-order valence-corrected chi connectivity index (χ4v) is 2.23. The van der Waals surface area contributed by atoms with Crippen molar-refractivity contribution >= 4 is 21.9 Å². The Morgan fingerprint density at radius 1 is 1.44 bits per heavy atom. The molecule has 1 heterocycles. The van der Waals surface area contributed by atoms with Gasteiger partial charge < -0.3 is 19.3 Å². The summed E-state index contributed by atoms with van der Waals surface area (Å²) in [5, 5.41) is 9.79. The van der Waals surface area contributed by atoms with Gasteiger partial charge in [0.05, 0.1) is 24.8 Å². The van der Waals surface area contributed by atoms with Gasteiger partial charge in [0.25, 0.3) is 0 Å². The summed E-state index contributed by atoms with van der Waals surface area (Å²) in [4.78, 5) is 11.3. The van der Waals surface area contributed by atoms with Crippen molar-refractivity contribution in [3.05, 3.63) is 22.2 Å². The SMILES string of the molecule is COC(=O)C(O)c1cc(Br)c2c(c1)OCCCO2. The first kappa shape index (κ1) is 13.2. The Labute approximate surface area is 113 Å². The minimum absolute atomic E-state index is 0.401. The average molecular weight is 317 g/mol. The molecule has 98 valence electrons. The number of esters is 1. The smallest absolute Gasteiger partial charge is 0.339 e. The quantitative estimate of drug-likeness (QED) is 0.843. The molecular weight excluding hydrogens is 304 g/mol. The van der Waals surface area contributed by atoms with E-state index in [9.17, 15) is 9.90 Å². The normalized spacial score (nSPS) is 15.7. The fraction of sp³-hybridized carbons (Fsp3) is 0.417. The molecule has 0 saturated heterocycles. The highest BCUT2D eigenvalue weighted by Gasteiger charge is 2.23. The topological polar surface area (TPSA) is 65.0 Å². The van der Waals surface area contributed by atoms with E-state index in [1.54, 1.807) is 12.1 Å². The molecular formula is C12H13BrO5. The van der Waals surface area contributed by atoms with Gasteiger partial charge in [-0.25, -0.2) is 4.79 Å². The van der Waals surface area contributed by atoms with Crippen LogP contribution in [0.5, 0.6) is 11.5 Å². The molecule has 5 nitrogen and oxygen atoms in total. The summed E-state index contributed by atoms with van der Waals surface area (Å²) in [6.45, 7) is 1.11. The molecule has 0 fully saturated rings. The second-order valence-electron chi connectivity index (χ2n) is 3.81. The number of carbonyl (C=O) groups excluding carboxylic acids is 1. The monoisotopic (exact) mass is 316 g/mol. The zero-order chi connectivity index (χ0) is 13.1. The lowest BCUT2D eigenvalue weighted by Gasteiger charge is -2.14. The Balaban J connectivity index is 2.37. The predicted octanol–water partition coefficient (Wildman–Crippen LogP) is 1.82. The molecule has 0 radical (unpaired) electrons. The van der Waals surface area contributed by atoms with Crippen LogP contribution in [0.3, 0.4) is 0 Å². The minimum atomic E-state index is -1.33. The van der Waals surface area contributed by atoms with E-state index in [2.05, 4.69) is 20.7 Å². The summed E-state index contributed by atoms with van der Waals surface area (Å²) in [5.41, 5.74) is 0.401. The lowest BCUT2D eigenvalue weighted by molar-refractivity contribution is -0.150. The summed E-state index contributed by atoms with van der Waals surface area (Å²) in [7, 11) is 1.23. The molecule has 0 saturated carbocycles. The minimum Gasteiger partial charge on any atom is -0.490 e. The molecule has 1 aliphatic rings. The Morgan fingerprint density at radius 2 is 2.17 bits per heavy atom. The third-order valence-electron chi connectivity index (χ3n) is 2.56. The van der Waals surface area contributed by atoms with Crippen molar-refractivity contribution in [3.8, 4) is 11.5 Å². The van der Waals surface area contributed by atoms with Crippen molar-refractivity contribution in [2.24, 2.45) is 0 Å². The third-order valence-corrected chi connectivity index (χ3v) is 3.15. The van der Waals surface area contributed by atoms with E-state index in [0.29, 0.717) is 34.7 Å². The maximum absolute atomic E-state index is 11.3. The zero-order valence-corrected chi connectivity index (χ0v) is 11.4. The van der Waals surface area contributed by atoms with Gasteiger partial charge in [0.2, 0.25) is 0 Å². The number of aliphatic hydroxyl groups is 1. The highest BCUT2D eigenvalue weighted by molar-refractivity contribution is 9.10. The molecule has 18 heavy (non-hydrogen) atoms. The number of carbonyl (C=O) groups is 1. The molecule has 0 aliphatic carbocycles. The van der Waals surface area contributed by atoms with Crippen molar-refractivity contribution in [3.63, 3.8) is 0 Å². The number of rotatable bonds is 2. The summed E-state index contributed by atoms with van der Waals surface area (Å²) in [6, 6.07) is 3.21. The van der Waals surface area contributed by atoms with Gasteiger partial charge in [-0.05, 0) is 33.6 Å². The number of aliphatic hydroxyl groups excluding tert-OH is 1. The van der Waals surface area contributed by atoms with Crippen LogP contribution < -0.4 is 9.47 Å². The van der Waals surface area contributed by atoms with Crippen LogP contribution in [0.4, 0.5) is 0 Å². The lowest BCUT2D eigenvalue weighted by atomic mass is 10.1. The molecule has 1 aromatic rings. The molecule has 1 aromatic carbocycles. The molecule has 1 N–H and O–H groups in total. The van der Waals surface area contributed by atoms with Crippen LogP contribution in [0.25, 0.3) is 0 Å². The van der Waals surface area contributed by atoms with E-state index in [4.69, 9.17) is 9.47 Å². The number of methoxy groups -OCH3 is 1. The van der Waals surface area contributed by atoms with Crippen LogP contribution in [0, 0.1) is 0 Å². The molecule has 0 amide bonds. The molecule has 6 heteroatoms. The van der Waals surface area contributed by atoms with E-state index >= 15 is 0 Å². The predicted molar refractivity (Wildman–Crippen MR) is 66.7 cm³/mol. The van der Waals surface area contributed by atoms with Gasteiger partial charge >= 0.3 is 5.97 Å². The lowest BCUT2D eigenvalue weighted by Crippen LogP contribution is -2.13. The molecule has 1 unspecified atom stereocenters. The molecule has 0 bridgehead atoms. The van der Waals surface area contributed by atoms with Crippen molar-refractivity contribution in [1.29, 1.82) is 0 Å². The largest absolute Gasteiger partial charge is 0.490 e. The van der Waals surface area contributed by atoms with Crippen LogP contribution >= 0.6 is 15.9 Å². The first-order valence-corrected chi connectivity index (χ1v) is 6.27. The van der Waals surface area contributed by atoms with Crippen molar-refractivity contribution < 1.29 is 24.1 Å². The number of fused-ring (bicyclic) bond motifs is 1. The molecule has 0 aromatic heterocycles. The number of benzene rings is 1. The number of halogens is 1. The van der Waals surface area contributed by atoms with E-state index in [1.165, 1.54) is 7.11 Å².